The summed E-state index contributed by atoms with van der Waals surface area (Å²) in [7, 11) is 0. The molecule has 0 spiro atoms. The second-order valence-corrected chi connectivity index (χ2v) is 8.11. The molecule has 5 nitrogen and oxygen atoms in total. The summed E-state index contributed by atoms with van der Waals surface area (Å²) in [5.41, 5.74) is 9.18. The highest BCUT2D eigenvalue weighted by Crippen LogP contribution is 2.19. The standard InChI is InChI=1S/C21H25N5S2/c1-14-6-4-7-15(2)19(14)24-20(27)26-25-16(3)17-8-10-18(11-9-17)23-21-22-12-5-13-28-21/h4,6-11H,5,12-13H2,1-3H3,(H,22,23)(H2,24,26,27)/b25-16-. The number of amidine groups is 1. The normalized spacial score (nSPS) is 14.2. The van der Waals surface area contributed by atoms with Crippen molar-refractivity contribution in [3.63, 3.8) is 0 Å². The molecule has 28 heavy (non-hydrogen) atoms. The average Bonchev–Trinajstić information content (AvgIpc) is 2.70. The number of hydrogen-bond acceptors (Lipinski definition) is 5. The minimum absolute atomic E-state index is 0.474. The van der Waals surface area contributed by atoms with Crippen molar-refractivity contribution in [1.29, 1.82) is 0 Å². The zero-order chi connectivity index (χ0) is 19.9. The van der Waals surface area contributed by atoms with Gasteiger partial charge in [0.1, 0.15) is 0 Å². The van der Waals surface area contributed by atoms with Crippen LogP contribution < -0.4 is 16.1 Å². The molecule has 2 aromatic carbocycles. The van der Waals surface area contributed by atoms with Crippen LogP contribution in [0.4, 0.5) is 11.4 Å². The minimum Gasteiger partial charge on any atom is -0.335 e. The van der Waals surface area contributed by atoms with E-state index in [1.54, 1.807) is 11.8 Å². The fourth-order valence-electron chi connectivity index (χ4n) is 2.81. The first-order chi connectivity index (χ1) is 13.5. The van der Waals surface area contributed by atoms with Gasteiger partial charge in [0.25, 0.3) is 0 Å². The summed E-state index contributed by atoms with van der Waals surface area (Å²) in [5, 5.41) is 12.5. The highest BCUT2D eigenvalue weighted by molar-refractivity contribution is 8.14. The fraction of sp³-hybridized carbons (Fsp3) is 0.286. The van der Waals surface area contributed by atoms with E-state index in [9.17, 15) is 0 Å². The quantitative estimate of drug-likeness (QED) is 0.379. The molecular weight excluding hydrogens is 386 g/mol. The van der Waals surface area contributed by atoms with E-state index < -0.39 is 0 Å². The number of thiocarbonyl (C=S) groups is 1. The second kappa shape index (κ2) is 9.71. The summed E-state index contributed by atoms with van der Waals surface area (Å²) in [6.07, 6.45) is 1.15. The molecule has 0 aromatic heterocycles. The molecule has 1 aliphatic rings. The second-order valence-electron chi connectivity index (χ2n) is 6.62. The molecule has 0 aliphatic carbocycles. The third-order valence-electron chi connectivity index (χ3n) is 4.40. The molecule has 3 N–H and O–H groups in total. The van der Waals surface area contributed by atoms with Gasteiger partial charge < -0.3 is 10.6 Å². The summed E-state index contributed by atoms with van der Waals surface area (Å²) in [6, 6.07) is 14.3. The number of aryl methyl sites for hydroxylation is 2. The van der Waals surface area contributed by atoms with Crippen molar-refractivity contribution in [2.24, 2.45) is 10.1 Å². The summed E-state index contributed by atoms with van der Waals surface area (Å²) in [6.45, 7) is 6.97. The Morgan fingerprint density at radius 1 is 1.11 bits per heavy atom. The van der Waals surface area contributed by atoms with Crippen LogP contribution in [0.15, 0.2) is 52.6 Å². The van der Waals surface area contributed by atoms with E-state index in [-0.39, 0.29) is 0 Å². The number of benzene rings is 2. The number of nitrogens with zero attached hydrogens (tertiary/aromatic N) is 2. The van der Waals surface area contributed by atoms with Crippen molar-refractivity contribution in [3.05, 3.63) is 59.2 Å². The summed E-state index contributed by atoms with van der Waals surface area (Å²) in [4.78, 5) is 4.49. The zero-order valence-corrected chi connectivity index (χ0v) is 18.0. The molecule has 3 rings (SSSR count). The van der Waals surface area contributed by atoms with E-state index in [1.165, 1.54) is 0 Å². The molecule has 0 unspecified atom stereocenters. The van der Waals surface area contributed by atoms with Crippen LogP contribution in [0.2, 0.25) is 0 Å². The number of aliphatic imine (C=N–C) groups is 1. The average molecular weight is 412 g/mol. The SMILES string of the molecule is C/C(=N/NC(=S)Nc1c(C)cccc1C)c1ccc(NC2=NCCCS2)cc1. The van der Waals surface area contributed by atoms with Gasteiger partial charge in [-0.15, -0.1) is 0 Å². The lowest BCUT2D eigenvalue weighted by molar-refractivity contribution is 0.938. The van der Waals surface area contributed by atoms with Crippen LogP contribution in [0.1, 0.15) is 30.0 Å². The van der Waals surface area contributed by atoms with Crippen LogP contribution in [-0.4, -0.2) is 28.3 Å². The molecule has 0 atom stereocenters. The van der Waals surface area contributed by atoms with Crippen LogP contribution in [0.5, 0.6) is 0 Å². The van der Waals surface area contributed by atoms with Crippen molar-refractivity contribution in [3.8, 4) is 0 Å². The molecule has 0 radical (unpaired) electrons. The first-order valence-corrected chi connectivity index (χ1v) is 10.6. The first-order valence-electron chi connectivity index (χ1n) is 9.25. The summed E-state index contributed by atoms with van der Waals surface area (Å²) in [5.74, 6) is 1.12. The van der Waals surface area contributed by atoms with Crippen molar-refractivity contribution in [2.45, 2.75) is 27.2 Å². The largest absolute Gasteiger partial charge is 0.335 e. The van der Waals surface area contributed by atoms with E-state index in [1.807, 2.05) is 37.3 Å². The fourth-order valence-corrected chi connectivity index (χ4v) is 3.79. The summed E-state index contributed by atoms with van der Waals surface area (Å²) < 4.78 is 0. The number of hydrogen-bond donors (Lipinski definition) is 3. The monoisotopic (exact) mass is 411 g/mol. The van der Waals surface area contributed by atoms with Gasteiger partial charge in [-0.2, -0.15) is 5.10 Å². The molecule has 1 heterocycles. The van der Waals surface area contributed by atoms with Crippen LogP contribution in [0.25, 0.3) is 0 Å². The number of nitrogens with one attached hydrogen (secondary N) is 3. The predicted octanol–water partition coefficient (Wildman–Crippen LogP) is 4.92. The molecule has 0 saturated carbocycles. The topological polar surface area (TPSA) is 60.8 Å². The molecular formula is C21H25N5S2. The molecule has 7 heteroatoms. The molecule has 0 saturated heterocycles. The van der Waals surface area contributed by atoms with Gasteiger partial charge in [0, 0.05) is 23.7 Å². The van der Waals surface area contributed by atoms with Gasteiger partial charge in [-0.3, -0.25) is 10.4 Å². The highest BCUT2D eigenvalue weighted by atomic mass is 32.2. The number of para-hydroxylation sites is 1. The van der Waals surface area contributed by atoms with Gasteiger partial charge in [0.15, 0.2) is 10.3 Å². The highest BCUT2D eigenvalue weighted by Gasteiger charge is 2.07. The van der Waals surface area contributed by atoms with Crippen LogP contribution >= 0.6 is 24.0 Å². The Balaban J connectivity index is 1.58. The first kappa shape index (κ1) is 20.4. The Morgan fingerprint density at radius 2 is 1.82 bits per heavy atom. The predicted molar refractivity (Wildman–Crippen MR) is 127 cm³/mol. The van der Waals surface area contributed by atoms with Crippen LogP contribution in [0.3, 0.4) is 0 Å². The van der Waals surface area contributed by atoms with E-state index >= 15 is 0 Å². The molecule has 0 fully saturated rings. The van der Waals surface area contributed by atoms with Crippen molar-refractivity contribution < 1.29 is 0 Å². The Bertz CT molecular complexity index is 883. The lowest BCUT2D eigenvalue weighted by Crippen LogP contribution is -2.25. The maximum Gasteiger partial charge on any atom is 0.191 e. The zero-order valence-electron chi connectivity index (χ0n) is 16.4. The van der Waals surface area contributed by atoms with Crippen molar-refractivity contribution in [2.75, 3.05) is 22.9 Å². The molecule has 0 amide bonds. The molecule has 0 bridgehead atoms. The van der Waals surface area contributed by atoms with E-state index in [2.05, 4.69) is 52.1 Å². The Labute approximate surface area is 176 Å². The van der Waals surface area contributed by atoms with Crippen LogP contribution in [0, 0.1) is 13.8 Å². The van der Waals surface area contributed by atoms with Gasteiger partial charge >= 0.3 is 0 Å². The third-order valence-corrected chi connectivity index (χ3v) is 5.59. The Hall–Kier alpha value is -2.38. The molecule has 146 valence electrons. The van der Waals surface area contributed by atoms with Crippen molar-refractivity contribution in [1.82, 2.24) is 5.43 Å². The van der Waals surface area contributed by atoms with E-state index in [0.717, 1.165) is 57.7 Å². The third kappa shape index (κ3) is 5.56. The van der Waals surface area contributed by atoms with Gasteiger partial charge in [-0.1, -0.05) is 42.1 Å². The molecule has 2 aromatic rings. The van der Waals surface area contributed by atoms with E-state index in [0.29, 0.717) is 5.11 Å². The summed E-state index contributed by atoms with van der Waals surface area (Å²) >= 11 is 7.15. The lowest BCUT2D eigenvalue weighted by atomic mass is 10.1. The lowest BCUT2D eigenvalue weighted by Gasteiger charge is -2.14. The Kier molecular flexibility index (Phi) is 7.06. The Morgan fingerprint density at radius 3 is 2.46 bits per heavy atom. The van der Waals surface area contributed by atoms with Gasteiger partial charge in [-0.05, 0) is 68.2 Å². The van der Waals surface area contributed by atoms with Crippen molar-refractivity contribution >= 4 is 51.3 Å². The van der Waals surface area contributed by atoms with Gasteiger partial charge in [-0.25, -0.2) is 0 Å². The van der Waals surface area contributed by atoms with Gasteiger partial charge in [0.2, 0.25) is 0 Å². The van der Waals surface area contributed by atoms with E-state index in [4.69, 9.17) is 12.2 Å². The molecule has 1 aliphatic heterocycles. The number of rotatable bonds is 4. The number of hydrazone groups is 1. The maximum atomic E-state index is 5.38. The number of anilines is 2. The maximum absolute atomic E-state index is 5.38. The number of thioether (sulfide) groups is 1. The van der Waals surface area contributed by atoms with Gasteiger partial charge in [0.05, 0.1) is 5.71 Å². The minimum atomic E-state index is 0.474. The van der Waals surface area contributed by atoms with Crippen LogP contribution in [-0.2, 0) is 0 Å². The smallest absolute Gasteiger partial charge is 0.191 e.